The molecule has 2 heterocycles. The van der Waals surface area contributed by atoms with Gasteiger partial charge in [0.25, 0.3) is 0 Å². The Morgan fingerprint density at radius 1 is 1.38 bits per heavy atom. The van der Waals surface area contributed by atoms with Gasteiger partial charge in [-0.2, -0.15) is 9.61 Å². The molecule has 0 N–H and O–H groups in total. The van der Waals surface area contributed by atoms with Crippen LogP contribution < -0.4 is 4.90 Å². The summed E-state index contributed by atoms with van der Waals surface area (Å²) < 4.78 is 14.4. The van der Waals surface area contributed by atoms with Crippen LogP contribution in [-0.2, 0) is 0 Å². The summed E-state index contributed by atoms with van der Waals surface area (Å²) in [5.74, 6) is 0.0806. The minimum absolute atomic E-state index is 0.193. The van der Waals surface area contributed by atoms with E-state index in [4.69, 9.17) is 0 Å². The second-order valence-corrected chi connectivity index (χ2v) is 2.80. The molecule has 2 aromatic heterocycles. The Kier molecular flexibility index (Phi) is 1.61. The molecule has 13 heavy (non-hydrogen) atoms. The van der Waals surface area contributed by atoms with Crippen molar-refractivity contribution >= 4 is 11.6 Å². The Bertz CT molecular complexity index is 435. The molecule has 0 amide bonds. The smallest absolute Gasteiger partial charge is 0.228 e. The van der Waals surface area contributed by atoms with Crippen molar-refractivity contribution < 1.29 is 4.39 Å². The summed E-state index contributed by atoms with van der Waals surface area (Å²) in [6.45, 7) is 0. The molecule has 0 saturated heterocycles. The Labute approximate surface area is 73.8 Å². The zero-order chi connectivity index (χ0) is 9.42. The Balaban J connectivity index is 2.78. The van der Waals surface area contributed by atoms with Crippen LogP contribution in [0.1, 0.15) is 0 Å². The van der Waals surface area contributed by atoms with E-state index in [0.717, 1.165) is 6.20 Å². The third-order valence-corrected chi connectivity index (χ3v) is 1.64. The minimum Gasteiger partial charge on any atom is -0.347 e. The van der Waals surface area contributed by atoms with Crippen molar-refractivity contribution in [3.8, 4) is 0 Å². The fourth-order valence-electron chi connectivity index (χ4n) is 1.08. The van der Waals surface area contributed by atoms with Gasteiger partial charge in [0.2, 0.25) is 5.95 Å². The monoisotopic (exact) mass is 181 g/mol. The van der Waals surface area contributed by atoms with Crippen molar-refractivity contribution in [2.45, 2.75) is 0 Å². The molecule has 68 valence electrons. The van der Waals surface area contributed by atoms with Crippen LogP contribution in [0.4, 0.5) is 10.3 Å². The van der Waals surface area contributed by atoms with Gasteiger partial charge in [-0.15, -0.1) is 0 Å². The lowest BCUT2D eigenvalue weighted by atomic mass is 10.6. The van der Waals surface area contributed by atoms with Crippen LogP contribution in [0.2, 0.25) is 0 Å². The molecular formula is C7H8FN5. The van der Waals surface area contributed by atoms with Gasteiger partial charge in [-0.1, -0.05) is 0 Å². The molecule has 0 atom stereocenters. The van der Waals surface area contributed by atoms with Crippen LogP contribution in [0.3, 0.4) is 0 Å². The highest BCUT2D eigenvalue weighted by molar-refractivity contribution is 5.44. The van der Waals surface area contributed by atoms with Crippen molar-refractivity contribution in [2.75, 3.05) is 19.0 Å². The standard InChI is InChI=1S/C7H8FN5/c1-12(2)7-9-3-5(8)6-10-4-11-13(6)7/h3-4H,1-2H3. The number of anilines is 1. The summed E-state index contributed by atoms with van der Waals surface area (Å²) in [5, 5.41) is 3.86. The molecule has 0 aliphatic heterocycles. The van der Waals surface area contributed by atoms with Gasteiger partial charge in [-0.3, -0.25) is 0 Å². The second kappa shape index (κ2) is 2.65. The van der Waals surface area contributed by atoms with Gasteiger partial charge in [0.05, 0.1) is 6.20 Å². The van der Waals surface area contributed by atoms with Crippen molar-refractivity contribution in [3.05, 3.63) is 18.3 Å². The number of aromatic nitrogens is 4. The van der Waals surface area contributed by atoms with Gasteiger partial charge >= 0.3 is 0 Å². The van der Waals surface area contributed by atoms with Gasteiger partial charge in [0, 0.05) is 14.1 Å². The fraction of sp³-hybridized carbons (Fsp3) is 0.286. The first-order valence-corrected chi connectivity index (χ1v) is 3.71. The number of nitrogens with zero attached hydrogens (tertiary/aromatic N) is 5. The van der Waals surface area contributed by atoms with E-state index in [2.05, 4.69) is 15.1 Å². The average Bonchev–Trinajstić information content (AvgIpc) is 2.53. The largest absolute Gasteiger partial charge is 0.347 e. The minimum atomic E-state index is -0.469. The summed E-state index contributed by atoms with van der Waals surface area (Å²) in [6, 6.07) is 0. The summed E-state index contributed by atoms with van der Waals surface area (Å²) >= 11 is 0. The lowest BCUT2D eigenvalue weighted by molar-refractivity contribution is 0.618. The molecule has 0 bridgehead atoms. The number of halogens is 1. The van der Waals surface area contributed by atoms with Crippen molar-refractivity contribution in [1.29, 1.82) is 0 Å². The molecular weight excluding hydrogens is 173 g/mol. The van der Waals surface area contributed by atoms with Crippen LogP contribution in [0.25, 0.3) is 5.65 Å². The highest BCUT2D eigenvalue weighted by atomic mass is 19.1. The van der Waals surface area contributed by atoms with Crippen molar-refractivity contribution in [3.63, 3.8) is 0 Å². The first kappa shape index (κ1) is 7.90. The topological polar surface area (TPSA) is 46.3 Å². The van der Waals surface area contributed by atoms with E-state index >= 15 is 0 Å². The van der Waals surface area contributed by atoms with E-state index in [1.165, 1.54) is 10.8 Å². The van der Waals surface area contributed by atoms with Gasteiger partial charge in [0.15, 0.2) is 11.5 Å². The second-order valence-electron chi connectivity index (χ2n) is 2.80. The number of hydrogen-bond acceptors (Lipinski definition) is 4. The summed E-state index contributed by atoms with van der Waals surface area (Å²) in [5.41, 5.74) is 0.193. The Hall–Kier alpha value is -1.72. The maximum absolute atomic E-state index is 13.1. The van der Waals surface area contributed by atoms with Gasteiger partial charge in [-0.25, -0.2) is 14.4 Å². The SMILES string of the molecule is CN(C)c1ncc(F)c2ncnn12. The molecule has 0 spiro atoms. The van der Waals surface area contributed by atoms with Crippen LogP contribution in [-0.4, -0.2) is 33.7 Å². The molecule has 0 fully saturated rings. The molecule has 0 aromatic carbocycles. The Morgan fingerprint density at radius 2 is 2.15 bits per heavy atom. The Morgan fingerprint density at radius 3 is 2.85 bits per heavy atom. The van der Waals surface area contributed by atoms with E-state index in [-0.39, 0.29) is 5.65 Å². The molecule has 0 radical (unpaired) electrons. The zero-order valence-corrected chi connectivity index (χ0v) is 7.27. The predicted molar refractivity (Wildman–Crippen MR) is 45.1 cm³/mol. The number of hydrogen-bond donors (Lipinski definition) is 0. The molecule has 0 unspecified atom stereocenters. The van der Waals surface area contributed by atoms with E-state index in [9.17, 15) is 4.39 Å². The van der Waals surface area contributed by atoms with Crippen LogP contribution in [0.15, 0.2) is 12.5 Å². The molecule has 0 aliphatic rings. The third-order valence-electron chi connectivity index (χ3n) is 1.64. The molecule has 5 nitrogen and oxygen atoms in total. The maximum Gasteiger partial charge on any atom is 0.228 e. The lowest BCUT2D eigenvalue weighted by Crippen LogP contribution is -2.16. The third kappa shape index (κ3) is 1.10. The van der Waals surface area contributed by atoms with Gasteiger partial charge in [0.1, 0.15) is 6.33 Å². The quantitative estimate of drug-likeness (QED) is 0.636. The number of fused-ring (bicyclic) bond motifs is 1. The number of rotatable bonds is 1. The summed E-state index contributed by atoms with van der Waals surface area (Å²) in [7, 11) is 3.61. The average molecular weight is 181 g/mol. The summed E-state index contributed by atoms with van der Waals surface area (Å²) in [6.07, 6.45) is 2.44. The normalized spacial score (nSPS) is 10.7. The predicted octanol–water partition coefficient (Wildman–Crippen LogP) is 0.329. The molecule has 2 aromatic rings. The van der Waals surface area contributed by atoms with Gasteiger partial charge < -0.3 is 4.90 Å². The van der Waals surface area contributed by atoms with E-state index in [1.54, 1.807) is 19.0 Å². The van der Waals surface area contributed by atoms with Crippen molar-refractivity contribution in [2.24, 2.45) is 0 Å². The van der Waals surface area contributed by atoms with E-state index in [0.29, 0.717) is 5.95 Å². The molecule has 2 rings (SSSR count). The summed E-state index contributed by atoms with van der Waals surface area (Å²) in [4.78, 5) is 9.40. The van der Waals surface area contributed by atoms with Crippen LogP contribution in [0, 0.1) is 5.82 Å². The van der Waals surface area contributed by atoms with E-state index < -0.39 is 5.82 Å². The first-order valence-electron chi connectivity index (χ1n) is 3.71. The fourth-order valence-corrected chi connectivity index (χ4v) is 1.08. The maximum atomic E-state index is 13.1. The molecule has 0 saturated carbocycles. The van der Waals surface area contributed by atoms with Crippen LogP contribution >= 0.6 is 0 Å². The molecule has 6 heteroatoms. The zero-order valence-electron chi connectivity index (χ0n) is 7.27. The van der Waals surface area contributed by atoms with Gasteiger partial charge in [-0.05, 0) is 0 Å². The molecule has 0 aliphatic carbocycles. The highest BCUT2D eigenvalue weighted by Gasteiger charge is 2.09. The van der Waals surface area contributed by atoms with Crippen molar-refractivity contribution in [1.82, 2.24) is 19.6 Å². The highest BCUT2D eigenvalue weighted by Crippen LogP contribution is 2.11. The van der Waals surface area contributed by atoms with Crippen LogP contribution in [0.5, 0.6) is 0 Å². The van der Waals surface area contributed by atoms with E-state index in [1.807, 2.05) is 0 Å². The lowest BCUT2D eigenvalue weighted by Gasteiger charge is -2.11. The first-order chi connectivity index (χ1) is 6.20.